The maximum atomic E-state index is 13.2. The van der Waals surface area contributed by atoms with Crippen LogP contribution in [0.4, 0.5) is 11.4 Å². The largest absolute Gasteiger partial charge is 0.325 e. The highest BCUT2D eigenvalue weighted by molar-refractivity contribution is 7.99. The molecule has 31 heavy (non-hydrogen) atoms. The van der Waals surface area contributed by atoms with Crippen molar-refractivity contribution in [2.75, 3.05) is 10.2 Å². The fourth-order valence-electron chi connectivity index (χ4n) is 4.14. The van der Waals surface area contributed by atoms with Crippen LogP contribution in [0.15, 0.2) is 76.8 Å². The highest BCUT2D eigenvalue weighted by atomic mass is 32.2. The van der Waals surface area contributed by atoms with Crippen LogP contribution in [0.2, 0.25) is 0 Å². The minimum absolute atomic E-state index is 0.00809. The molecular weight excluding hydrogens is 406 g/mol. The maximum Gasteiger partial charge on any atom is 0.261 e. The molecule has 1 aliphatic heterocycles. The summed E-state index contributed by atoms with van der Waals surface area (Å²) in [7, 11) is 0. The van der Waals surface area contributed by atoms with Gasteiger partial charge in [0, 0.05) is 22.8 Å². The molecule has 1 N–H and O–H groups in total. The molecule has 0 radical (unpaired) electrons. The van der Waals surface area contributed by atoms with E-state index in [2.05, 4.69) is 10.3 Å². The first-order chi connectivity index (χ1) is 15.0. The van der Waals surface area contributed by atoms with Crippen LogP contribution in [0.3, 0.4) is 0 Å². The van der Waals surface area contributed by atoms with Gasteiger partial charge in [-0.1, -0.05) is 42.1 Å². The van der Waals surface area contributed by atoms with Crippen molar-refractivity contribution in [3.8, 4) is 0 Å². The number of pyridine rings is 1. The lowest BCUT2D eigenvalue weighted by atomic mass is 9.95. The molecule has 0 atom stereocenters. The Bertz CT molecular complexity index is 1170. The standard InChI is InChI=1S/C25H23N3O2S/c1-16(2)28-20-11-10-18(15-21(20)31-22-19(23(28)29)9-6-14-26-22)27-24(30)25(12-13-25)17-7-4-3-5-8-17/h3-11,14-16H,12-13H2,1-2H3,(H,27,30). The van der Waals surface area contributed by atoms with Crippen LogP contribution in [0.1, 0.15) is 42.6 Å². The molecule has 0 spiro atoms. The number of nitrogens with zero attached hydrogens (tertiary/aromatic N) is 2. The van der Waals surface area contributed by atoms with Gasteiger partial charge in [0.2, 0.25) is 5.91 Å². The van der Waals surface area contributed by atoms with Crippen molar-refractivity contribution in [2.45, 2.75) is 48.1 Å². The summed E-state index contributed by atoms with van der Waals surface area (Å²) >= 11 is 1.46. The molecule has 1 fully saturated rings. The molecular formula is C25H23N3O2S. The summed E-state index contributed by atoms with van der Waals surface area (Å²) in [5.74, 6) is -0.0327. The smallest absolute Gasteiger partial charge is 0.261 e. The minimum Gasteiger partial charge on any atom is -0.325 e. The zero-order valence-corrected chi connectivity index (χ0v) is 18.3. The number of hydrogen-bond acceptors (Lipinski definition) is 4. The van der Waals surface area contributed by atoms with Crippen LogP contribution in [0.25, 0.3) is 0 Å². The van der Waals surface area contributed by atoms with Gasteiger partial charge in [-0.2, -0.15) is 0 Å². The van der Waals surface area contributed by atoms with Crippen LogP contribution in [0, 0.1) is 0 Å². The van der Waals surface area contributed by atoms with E-state index in [4.69, 9.17) is 0 Å². The normalized spacial score (nSPS) is 16.4. The van der Waals surface area contributed by atoms with Gasteiger partial charge in [0.15, 0.2) is 0 Å². The van der Waals surface area contributed by atoms with Gasteiger partial charge in [0.1, 0.15) is 5.03 Å². The van der Waals surface area contributed by atoms with Gasteiger partial charge in [-0.3, -0.25) is 9.59 Å². The third-order valence-electron chi connectivity index (χ3n) is 5.93. The molecule has 5 rings (SSSR count). The Morgan fingerprint density at radius 3 is 2.58 bits per heavy atom. The number of rotatable bonds is 4. The van der Waals surface area contributed by atoms with E-state index in [9.17, 15) is 9.59 Å². The summed E-state index contributed by atoms with van der Waals surface area (Å²) in [6, 6.07) is 19.3. The zero-order chi connectivity index (χ0) is 21.6. The fourth-order valence-corrected chi connectivity index (χ4v) is 5.19. The molecule has 1 aliphatic carbocycles. The number of amides is 2. The molecule has 2 amide bonds. The molecule has 1 aromatic heterocycles. The van der Waals surface area contributed by atoms with E-state index in [1.807, 2.05) is 68.4 Å². The van der Waals surface area contributed by atoms with E-state index in [0.29, 0.717) is 10.6 Å². The molecule has 156 valence electrons. The fraction of sp³-hybridized carbons (Fsp3) is 0.240. The predicted octanol–water partition coefficient (Wildman–Crippen LogP) is 5.27. The van der Waals surface area contributed by atoms with Crippen LogP contribution < -0.4 is 10.2 Å². The second-order valence-electron chi connectivity index (χ2n) is 8.31. The van der Waals surface area contributed by atoms with E-state index < -0.39 is 5.41 Å². The van der Waals surface area contributed by atoms with Gasteiger partial charge < -0.3 is 10.2 Å². The molecule has 3 aromatic rings. The van der Waals surface area contributed by atoms with E-state index in [0.717, 1.165) is 34.7 Å². The number of benzene rings is 2. The number of hydrogen-bond donors (Lipinski definition) is 1. The summed E-state index contributed by atoms with van der Waals surface area (Å²) in [4.78, 5) is 33.5. The Kier molecular flexibility index (Phi) is 4.82. The van der Waals surface area contributed by atoms with Crippen LogP contribution in [-0.4, -0.2) is 22.8 Å². The molecule has 6 heteroatoms. The number of aromatic nitrogens is 1. The summed E-state index contributed by atoms with van der Waals surface area (Å²) in [6.45, 7) is 4.00. The number of carbonyl (C=O) groups is 2. The molecule has 1 saturated carbocycles. The van der Waals surface area contributed by atoms with Crippen molar-refractivity contribution in [3.63, 3.8) is 0 Å². The van der Waals surface area contributed by atoms with E-state index in [1.165, 1.54) is 11.8 Å². The summed E-state index contributed by atoms with van der Waals surface area (Å²) in [5.41, 5.74) is 2.80. The lowest BCUT2D eigenvalue weighted by Gasteiger charge is -2.27. The number of fused-ring (bicyclic) bond motifs is 2. The lowest BCUT2D eigenvalue weighted by Crippen LogP contribution is -2.37. The first kappa shape index (κ1) is 19.8. The van der Waals surface area contributed by atoms with Crippen molar-refractivity contribution in [1.82, 2.24) is 4.98 Å². The third-order valence-corrected chi connectivity index (χ3v) is 7.00. The van der Waals surface area contributed by atoms with Gasteiger partial charge in [-0.05, 0) is 62.6 Å². The summed E-state index contributed by atoms with van der Waals surface area (Å²) < 4.78 is 0. The van der Waals surface area contributed by atoms with Crippen molar-refractivity contribution in [3.05, 3.63) is 78.0 Å². The highest BCUT2D eigenvalue weighted by Crippen LogP contribution is 2.49. The minimum atomic E-state index is -0.435. The van der Waals surface area contributed by atoms with Gasteiger partial charge in [-0.15, -0.1) is 0 Å². The van der Waals surface area contributed by atoms with Crippen molar-refractivity contribution >= 4 is 35.0 Å². The molecule has 0 saturated heterocycles. The van der Waals surface area contributed by atoms with Crippen molar-refractivity contribution in [2.24, 2.45) is 0 Å². The Labute approximate surface area is 185 Å². The summed E-state index contributed by atoms with van der Waals surface area (Å²) in [5, 5.41) is 3.80. The Morgan fingerprint density at radius 1 is 1.10 bits per heavy atom. The molecule has 2 aromatic carbocycles. The first-order valence-electron chi connectivity index (χ1n) is 10.5. The Morgan fingerprint density at radius 2 is 1.87 bits per heavy atom. The van der Waals surface area contributed by atoms with E-state index in [-0.39, 0.29) is 17.9 Å². The first-order valence-corrected chi connectivity index (χ1v) is 11.3. The van der Waals surface area contributed by atoms with Gasteiger partial charge in [0.25, 0.3) is 5.91 Å². The quantitative estimate of drug-likeness (QED) is 0.614. The predicted molar refractivity (Wildman–Crippen MR) is 123 cm³/mol. The van der Waals surface area contributed by atoms with Crippen LogP contribution in [-0.2, 0) is 10.2 Å². The monoisotopic (exact) mass is 429 g/mol. The zero-order valence-electron chi connectivity index (χ0n) is 17.5. The van der Waals surface area contributed by atoms with Gasteiger partial charge in [-0.25, -0.2) is 4.98 Å². The number of carbonyl (C=O) groups excluding carboxylic acids is 2. The average molecular weight is 430 g/mol. The molecule has 0 bridgehead atoms. The van der Waals surface area contributed by atoms with Crippen LogP contribution >= 0.6 is 11.8 Å². The molecule has 5 nitrogen and oxygen atoms in total. The SMILES string of the molecule is CC(C)N1C(=O)c2cccnc2Sc2cc(NC(=O)C3(c4ccccc4)CC3)ccc21. The van der Waals surface area contributed by atoms with E-state index in [1.54, 1.807) is 17.2 Å². The van der Waals surface area contributed by atoms with Crippen LogP contribution in [0.5, 0.6) is 0 Å². The average Bonchev–Trinajstić information content (AvgIpc) is 3.59. The summed E-state index contributed by atoms with van der Waals surface area (Å²) in [6.07, 6.45) is 3.41. The lowest BCUT2D eigenvalue weighted by molar-refractivity contribution is -0.118. The number of anilines is 2. The maximum absolute atomic E-state index is 13.2. The molecule has 2 heterocycles. The topological polar surface area (TPSA) is 62.3 Å². The van der Waals surface area contributed by atoms with Gasteiger partial charge >= 0.3 is 0 Å². The molecule has 2 aliphatic rings. The number of nitrogens with one attached hydrogen (secondary N) is 1. The Balaban J connectivity index is 1.49. The van der Waals surface area contributed by atoms with Crippen molar-refractivity contribution < 1.29 is 9.59 Å². The second kappa shape index (κ2) is 7.54. The molecule has 0 unspecified atom stereocenters. The highest BCUT2D eigenvalue weighted by Gasteiger charge is 2.51. The second-order valence-corrected chi connectivity index (χ2v) is 9.34. The Hall–Kier alpha value is -3.12. The van der Waals surface area contributed by atoms with Crippen molar-refractivity contribution in [1.29, 1.82) is 0 Å². The third kappa shape index (κ3) is 3.41. The van der Waals surface area contributed by atoms with Gasteiger partial charge in [0.05, 0.1) is 16.7 Å². The van der Waals surface area contributed by atoms with E-state index >= 15 is 0 Å².